The van der Waals surface area contributed by atoms with E-state index in [1.54, 1.807) is 36.4 Å². The molecule has 0 atom stereocenters. The van der Waals surface area contributed by atoms with Gasteiger partial charge in [-0.2, -0.15) is 0 Å². The predicted molar refractivity (Wildman–Crippen MR) is 145 cm³/mol. The maximum absolute atomic E-state index is 13.0. The van der Waals surface area contributed by atoms with Gasteiger partial charge < -0.3 is 10.1 Å². The van der Waals surface area contributed by atoms with Crippen molar-refractivity contribution in [2.45, 2.75) is 51.3 Å². The number of amides is 1. The van der Waals surface area contributed by atoms with E-state index in [0.717, 1.165) is 41.3 Å². The number of nitrogens with one attached hydrogen (secondary N) is 2. The van der Waals surface area contributed by atoms with Gasteiger partial charge in [0.25, 0.3) is 15.9 Å². The third-order valence-corrected chi connectivity index (χ3v) is 7.51. The van der Waals surface area contributed by atoms with E-state index in [1.165, 1.54) is 12.1 Å². The number of carbonyl (C=O) groups is 1. The molecule has 8 heteroatoms. The highest BCUT2D eigenvalue weighted by Crippen LogP contribution is 2.26. The lowest BCUT2D eigenvalue weighted by Crippen LogP contribution is -2.15. The Morgan fingerprint density at radius 1 is 0.886 bits per heavy atom. The van der Waals surface area contributed by atoms with E-state index < -0.39 is 10.0 Å². The molecule has 0 bridgehead atoms. The summed E-state index contributed by atoms with van der Waals surface area (Å²) in [6.07, 6.45) is 4.32. The molecule has 0 heterocycles. The molecule has 0 spiro atoms. The van der Waals surface area contributed by atoms with Crippen LogP contribution in [-0.2, 0) is 10.0 Å². The van der Waals surface area contributed by atoms with Crippen LogP contribution in [0.3, 0.4) is 0 Å². The second-order valence-corrected chi connectivity index (χ2v) is 11.0. The van der Waals surface area contributed by atoms with Crippen molar-refractivity contribution in [3.8, 4) is 5.75 Å². The Morgan fingerprint density at radius 3 is 2.29 bits per heavy atom. The second-order valence-electron chi connectivity index (χ2n) is 8.43. The quantitative estimate of drug-likeness (QED) is 0.246. The van der Waals surface area contributed by atoms with E-state index in [9.17, 15) is 13.2 Å². The van der Waals surface area contributed by atoms with Gasteiger partial charge in [0, 0.05) is 15.8 Å². The molecule has 3 aromatic carbocycles. The molecular formula is C27H31BrN2O4S. The van der Waals surface area contributed by atoms with Crippen LogP contribution < -0.4 is 14.8 Å². The number of halogens is 1. The number of benzene rings is 3. The first-order valence-electron chi connectivity index (χ1n) is 11.6. The van der Waals surface area contributed by atoms with Crippen LogP contribution in [-0.4, -0.2) is 20.9 Å². The predicted octanol–water partition coefficient (Wildman–Crippen LogP) is 7.08. The van der Waals surface area contributed by atoms with Crippen LogP contribution in [0.2, 0.25) is 0 Å². The van der Waals surface area contributed by atoms with Crippen molar-refractivity contribution in [2.75, 3.05) is 16.6 Å². The maximum Gasteiger partial charge on any atom is 0.261 e. The minimum atomic E-state index is -3.76. The van der Waals surface area contributed by atoms with Crippen LogP contribution in [0.25, 0.3) is 0 Å². The average Bonchev–Trinajstić information content (AvgIpc) is 2.82. The van der Waals surface area contributed by atoms with Gasteiger partial charge in [0.1, 0.15) is 5.75 Å². The van der Waals surface area contributed by atoms with Crippen molar-refractivity contribution in [1.82, 2.24) is 0 Å². The van der Waals surface area contributed by atoms with Crippen LogP contribution in [0.4, 0.5) is 11.4 Å². The molecule has 0 aliphatic carbocycles. The molecule has 0 radical (unpaired) electrons. The van der Waals surface area contributed by atoms with E-state index in [4.69, 9.17) is 4.74 Å². The molecular weight excluding hydrogens is 528 g/mol. The number of sulfonamides is 1. The summed E-state index contributed by atoms with van der Waals surface area (Å²) >= 11 is 3.41. The molecule has 0 aromatic heterocycles. The number of ether oxygens (including phenoxy) is 1. The Bertz CT molecular complexity index is 1270. The minimum Gasteiger partial charge on any atom is -0.493 e. The smallest absolute Gasteiger partial charge is 0.261 e. The summed E-state index contributed by atoms with van der Waals surface area (Å²) < 4.78 is 34.8. The van der Waals surface area contributed by atoms with Gasteiger partial charge in [-0.25, -0.2) is 8.42 Å². The number of hydrogen-bond acceptors (Lipinski definition) is 4. The first-order valence-corrected chi connectivity index (χ1v) is 13.9. The van der Waals surface area contributed by atoms with Crippen LogP contribution in [0.1, 0.15) is 54.1 Å². The first kappa shape index (κ1) is 26.8. The lowest BCUT2D eigenvalue weighted by Gasteiger charge is -2.13. The highest BCUT2D eigenvalue weighted by atomic mass is 79.9. The Labute approximate surface area is 216 Å². The van der Waals surface area contributed by atoms with Gasteiger partial charge in [-0.15, -0.1) is 0 Å². The fourth-order valence-electron chi connectivity index (χ4n) is 3.45. The third kappa shape index (κ3) is 7.57. The SMILES string of the molecule is CCCCCCOc1ccc(Br)cc1C(=O)Nc1ccc(S(=O)(=O)Nc2ccc(C)c(C)c2)cc1. The number of rotatable bonds is 11. The average molecular weight is 560 g/mol. The highest BCUT2D eigenvalue weighted by molar-refractivity contribution is 9.10. The molecule has 6 nitrogen and oxygen atoms in total. The second kappa shape index (κ2) is 12.2. The van der Waals surface area contributed by atoms with Crippen molar-refractivity contribution < 1.29 is 17.9 Å². The van der Waals surface area contributed by atoms with Gasteiger partial charge in [0.2, 0.25) is 0 Å². The standard InChI is InChI=1S/C27H31BrN2O4S/c1-4-5-6-7-16-34-26-15-9-21(28)18-25(26)27(31)29-22-11-13-24(14-12-22)35(32,33)30-23-10-8-19(2)20(3)17-23/h8-15,17-18,30H,4-7,16H2,1-3H3,(H,29,31). The molecule has 2 N–H and O–H groups in total. The maximum atomic E-state index is 13.0. The van der Waals surface area contributed by atoms with E-state index in [1.807, 2.05) is 26.0 Å². The molecule has 186 valence electrons. The minimum absolute atomic E-state index is 0.104. The summed E-state index contributed by atoms with van der Waals surface area (Å²) in [6, 6.07) is 16.8. The van der Waals surface area contributed by atoms with Gasteiger partial charge in [0.15, 0.2) is 0 Å². The van der Waals surface area contributed by atoms with E-state index >= 15 is 0 Å². The highest BCUT2D eigenvalue weighted by Gasteiger charge is 2.17. The van der Waals surface area contributed by atoms with Gasteiger partial charge in [-0.05, 0) is 86.0 Å². The lowest BCUT2D eigenvalue weighted by molar-refractivity contribution is 0.102. The molecule has 0 unspecified atom stereocenters. The van der Waals surface area contributed by atoms with Crippen molar-refractivity contribution in [1.29, 1.82) is 0 Å². The van der Waals surface area contributed by atoms with Crippen LogP contribution >= 0.6 is 15.9 Å². The van der Waals surface area contributed by atoms with Crippen LogP contribution in [0.5, 0.6) is 5.75 Å². The van der Waals surface area contributed by atoms with Gasteiger partial charge in [-0.1, -0.05) is 48.2 Å². The molecule has 3 rings (SSSR count). The first-order chi connectivity index (χ1) is 16.7. The third-order valence-electron chi connectivity index (χ3n) is 5.62. The van der Waals surface area contributed by atoms with Crippen molar-refractivity contribution in [2.24, 2.45) is 0 Å². The summed E-state index contributed by atoms with van der Waals surface area (Å²) in [4.78, 5) is 13.1. The summed E-state index contributed by atoms with van der Waals surface area (Å²) in [5.74, 6) is 0.178. The van der Waals surface area contributed by atoms with Gasteiger partial charge >= 0.3 is 0 Å². The van der Waals surface area contributed by atoms with E-state index in [2.05, 4.69) is 32.9 Å². The number of hydrogen-bond donors (Lipinski definition) is 2. The Hall–Kier alpha value is -2.84. The fraction of sp³-hybridized carbons (Fsp3) is 0.296. The van der Waals surface area contributed by atoms with Gasteiger partial charge in [-0.3, -0.25) is 9.52 Å². The summed E-state index contributed by atoms with van der Waals surface area (Å²) in [5, 5.41) is 2.82. The monoisotopic (exact) mass is 558 g/mol. The zero-order valence-electron chi connectivity index (χ0n) is 20.2. The number of carbonyl (C=O) groups excluding carboxylic acids is 1. The number of anilines is 2. The zero-order chi connectivity index (χ0) is 25.4. The molecule has 35 heavy (non-hydrogen) atoms. The fourth-order valence-corrected chi connectivity index (χ4v) is 4.86. The molecule has 0 saturated carbocycles. The molecule has 3 aromatic rings. The number of unbranched alkanes of at least 4 members (excludes halogenated alkanes) is 3. The topological polar surface area (TPSA) is 84.5 Å². The Balaban J connectivity index is 1.68. The summed E-state index contributed by atoms with van der Waals surface area (Å²) in [5.41, 5.74) is 3.47. The van der Waals surface area contributed by atoms with E-state index in [-0.39, 0.29) is 10.8 Å². The Morgan fingerprint density at radius 2 is 1.60 bits per heavy atom. The molecule has 0 fully saturated rings. The molecule has 0 saturated heterocycles. The van der Waals surface area contributed by atoms with Gasteiger partial charge in [0.05, 0.1) is 17.1 Å². The molecule has 0 aliphatic rings. The molecule has 1 amide bonds. The Kier molecular flexibility index (Phi) is 9.34. The van der Waals surface area contributed by atoms with Crippen molar-refractivity contribution in [3.05, 3.63) is 81.8 Å². The van der Waals surface area contributed by atoms with E-state index in [0.29, 0.717) is 29.3 Å². The summed E-state index contributed by atoms with van der Waals surface area (Å²) in [6.45, 7) is 6.60. The normalized spacial score (nSPS) is 11.2. The van der Waals surface area contributed by atoms with Crippen LogP contribution in [0, 0.1) is 13.8 Å². The summed E-state index contributed by atoms with van der Waals surface area (Å²) in [7, 11) is -3.76. The largest absolute Gasteiger partial charge is 0.493 e. The van der Waals surface area contributed by atoms with Crippen molar-refractivity contribution in [3.63, 3.8) is 0 Å². The van der Waals surface area contributed by atoms with Crippen LogP contribution in [0.15, 0.2) is 70.0 Å². The van der Waals surface area contributed by atoms with Crippen molar-refractivity contribution >= 4 is 43.2 Å². The lowest BCUT2D eigenvalue weighted by atomic mass is 10.1. The molecule has 0 aliphatic heterocycles. The zero-order valence-corrected chi connectivity index (χ0v) is 22.6. The number of aryl methyl sites for hydroxylation is 2.